The maximum atomic E-state index is 2.67. The van der Waals surface area contributed by atoms with Crippen LogP contribution in [-0.2, 0) is 0 Å². The molecule has 4 nitrogen and oxygen atoms in total. The zero-order valence-electron chi connectivity index (χ0n) is 49.2. The molecule has 5 heteroatoms. The molecule has 0 amide bonds. The Kier molecular flexibility index (Phi) is 13.8. The highest BCUT2D eigenvalue weighted by Gasteiger charge is 2.46. The Hall–Kier alpha value is -11.4. The first kappa shape index (κ1) is 53.1. The lowest BCUT2D eigenvalue weighted by Crippen LogP contribution is -2.61. The largest absolute Gasteiger partial charge is 0.310 e. The van der Waals surface area contributed by atoms with Gasteiger partial charge in [0, 0.05) is 79.1 Å². The number of anilines is 12. The van der Waals surface area contributed by atoms with E-state index in [1.54, 1.807) is 0 Å². The van der Waals surface area contributed by atoms with Gasteiger partial charge in [0.15, 0.2) is 0 Å². The molecule has 2 aliphatic heterocycles. The summed E-state index contributed by atoms with van der Waals surface area (Å²) in [7, 11) is 0. The van der Waals surface area contributed by atoms with Crippen LogP contribution in [0.5, 0.6) is 0 Å². The predicted molar refractivity (Wildman–Crippen MR) is 378 cm³/mol. The normalized spacial score (nSPS) is 12.8. The van der Waals surface area contributed by atoms with Gasteiger partial charge in [-0.05, 0) is 148 Å². The monoisotopic (exact) mass is 1140 g/mol. The highest BCUT2D eigenvalue weighted by Crippen LogP contribution is 2.54. The van der Waals surface area contributed by atoms with Crippen molar-refractivity contribution < 1.29 is 0 Å². The lowest BCUT2D eigenvalue weighted by molar-refractivity contribution is 1.04. The van der Waals surface area contributed by atoms with Gasteiger partial charge in [0.05, 0.1) is 11.4 Å². The average Bonchev–Trinajstić information content (AvgIpc) is 0.705. The van der Waals surface area contributed by atoms with Crippen molar-refractivity contribution in [2.24, 2.45) is 0 Å². The van der Waals surface area contributed by atoms with Gasteiger partial charge in [-0.3, -0.25) is 0 Å². The molecule has 420 valence electrons. The molecule has 2 heterocycles. The zero-order chi connectivity index (χ0) is 59.0. The van der Waals surface area contributed by atoms with E-state index in [1.165, 1.54) is 27.5 Å². The molecule has 0 saturated heterocycles. The maximum Gasteiger partial charge on any atom is 0.252 e. The molecular weight excluding hydrogens is 1080 g/mol. The quantitative estimate of drug-likeness (QED) is 0.107. The molecule has 0 atom stereocenters. The number of hydrogen-bond acceptors (Lipinski definition) is 4. The van der Waals surface area contributed by atoms with Crippen LogP contribution in [0.2, 0.25) is 0 Å². The van der Waals surface area contributed by atoms with Crippen molar-refractivity contribution in [3.63, 3.8) is 0 Å². The predicted octanol–water partition coefficient (Wildman–Crippen LogP) is 21.1. The van der Waals surface area contributed by atoms with Gasteiger partial charge >= 0.3 is 0 Å². The molecule has 0 spiro atoms. The van der Waals surface area contributed by atoms with Gasteiger partial charge in [0.25, 0.3) is 6.71 Å². The molecule has 0 N–H and O–H groups in total. The minimum atomic E-state index is -0.223. The second kappa shape index (κ2) is 23.1. The Labute approximate surface area is 522 Å². The van der Waals surface area contributed by atoms with Crippen LogP contribution in [0, 0.1) is 0 Å². The van der Waals surface area contributed by atoms with Crippen LogP contribution >= 0.6 is 0 Å². The van der Waals surface area contributed by atoms with E-state index in [4.69, 9.17) is 0 Å². The van der Waals surface area contributed by atoms with Crippen molar-refractivity contribution in [3.8, 4) is 44.5 Å². The summed E-state index contributed by atoms with van der Waals surface area (Å²) in [5.41, 5.74) is 28.3. The minimum absolute atomic E-state index is 0.223. The Morgan fingerprint density at radius 2 is 0.618 bits per heavy atom. The molecule has 0 bridgehead atoms. The first-order valence-corrected chi connectivity index (χ1v) is 30.9. The number of para-hydroxylation sites is 6. The highest BCUT2D eigenvalue weighted by atomic mass is 15.2. The van der Waals surface area contributed by atoms with Gasteiger partial charge in [-0.15, -0.1) is 0 Å². The van der Waals surface area contributed by atoms with Gasteiger partial charge in [-0.2, -0.15) is 0 Å². The van der Waals surface area contributed by atoms with Crippen LogP contribution in [0.3, 0.4) is 0 Å². The van der Waals surface area contributed by atoms with E-state index < -0.39 is 0 Å². The summed E-state index contributed by atoms with van der Waals surface area (Å²) >= 11 is 0. The molecule has 0 radical (unpaired) electrons. The van der Waals surface area contributed by atoms with E-state index in [-0.39, 0.29) is 6.71 Å². The molecule has 0 unspecified atom stereocenters. The summed E-state index contributed by atoms with van der Waals surface area (Å²) in [6.07, 6.45) is 9.11. The van der Waals surface area contributed by atoms with E-state index in [1.807, 2.05) is 0 Å². The van der Waals surface area contributed by atoms with Crippen molar-refractivity contribution in [1.29, 1.82) is 0 Å². The fourth-order valence-electron chi connectivity index (χ4n) is 13.9. The fourth-order valence-corrected chi connectivity index (χ4v) is 13.9. The highest BCUT2D eigenvalue weighted by molar-refractivity contribution is 7.00. The minimum Gasteiger partial charge on any atom is -0.310 e. The number of nitrogens with zero attached hydrogens (tertiary/aromatic N) is 4. The lowest BCUT2D eigenvalue weighted by atomic mass is 9.33. The smallest absolute Gasteiger partial charge is 0.252 e. The fraction of sp³-hybridized carbons (Fsp3) is 0.0238. The molecule has 16 rings (SSSR count). The number of allylic oxidation sites excluding steroid dienone is 4. The summed E-state index contributed by atoms with van der Waals surface area (Å²) in [4.78, 5) is 10.1. The summed E-state index contributed by atoms with van der Waals surface area (Å²) in [5.74, 6) is 0. The van der Waals surface area contributed by atoms with Crippen molar-refractivity contribution >= 4 is 96.9 Å². The average molecular weight is 1140 g/mol. The molecule has 3 aliphatic rings. The van der Waals surface area contributed by atoms with Crippen molar-refractivity contribution in [1.82, 2.24) is 0 Å². The van der Waals surface area contributed by atoms with Gasteiger partial charge in [-0.25, -0.2) is 0 Å². The molecule has 0 aromatic heterocycles. The van der Waals surface area contributed by atoms with Crippen LogP contribution < -0.4 is 36.0 Å². The summed E-state index contributed by atoms with van der Waals surface area (Å²) in [6.45, 7) is -0.223. The molecule has 0 fully saturated rings. The van der Waals surface area contributed by atoms with E-state index in [2.05, 4.69) is 365 Å². The zero-order valence-corrected chi connectivity index (χ0v) is 49.2. The van der Waals surface area contributed by atoms with Crippen LogP contribution in [0.1, 0.15) is 18.4 Å². The van der Waals surface area contributed by atoms with Crippen molar-refractivity contribution in [2.45, 2.75) is 12.8 Å². The number of hydrogen-bond donors (Lipinski definition) is 0. The SMILES string of the molecule is C1=CC(c2cccc(-c3ccccc3)c2N2c3cc(N(c4ccccc4)c4ccccc4)ccc3B3c4ccc(N(c5ccccc5)c5ccccc5)cc4N(c4c(-c5ccccc5)cccc4-c4ccccc4)c4cc(-c5ccccc5)cc2c43)=CCC1. The second-order valence-corrected chi connectivity index (χ2v) is 23.0. The lowest BCUT2D eigenvalue weighted by Gasteiger charge is -2.46. The second-order valence-electron chi connectivity index (χ2n) is 23.0. The molecule has 13 aromatic carbocycles. The third-order valence-corrected chi connectivity index (χ3v) is 17.8. The number of benzene rings is 13. The molecule has 13 aromatic rings. The third kappa shape index (κ3) is 9.61. The van der Waals surface area contributed by atoms with Gasteiger partial charge in [0.2, 0.25) is 0 Å². The van der Waals surface area contributed by atoms with Gasteiger partial charge < -0.3 is 19.6 Å². The third-order valence-electron chi connectivity index (χ3n) is 17.8. The van der Waals surface area contributed by atoms with Gasteiger partial charge in [-0.1, -0.05) is 261 Å². The van der Waals surface area contributed by atoms with Crippen LogP contribution in [0.25, 0.3) is 50.1 Å². The summed E-state index contributed by atoms with van der Waals surface area (Å²) in [6, 6.07) is 121. The Morgan fingerprint density at radius 3 is 0.989 bits per heavy atom. The number of rotatable bonds is 13. The Balaban J connectivity index is 1.08. The maximum absolute atomic E-state index is 2.67. The molecule has 89 heavy (non-hydrogen) atoms. The van der Waals surface area contributed by atoms with E-state index in [9.17, 15) is 0 Å². The standard InChI is InChI=1S/C84H61BN4/c1-10-30-60(31-11-1)65-56-80-82-81(57-65)89(84-74(63-36-16-4-17-37-63)50-29-51-75(84)64-38-18-5-19-39-64)79-59-71(87(68-44-24-8-25-45-68)69-46-26-9-27-47-69)53-55-77(79)85(82)76-54-52-70(86(66-40-20-6-21-41-66)67-42-22-7-23-43-67)58-78(76)88(80)83-72(61-32-12-2-13-33-61)48-28-49-73(83)62-34-14-3-15-35-62/h1-4,6-18,20-59H,5,19H2. The van der Waals surface area contributed by atoms with Crippen LogP contribution in [-0.4, -0.2) is 6.71 Å². The van der Waals surface area contributed by atoms with Crippen LogP contribution in [0.4, 0.5) is 68.2 Å². The first-order valence-electron chi connectivity index (χ1n) is 30.9. The summed E-state index contributed by atoms with van der Waals surface area (Å²) < 4.78 is 0. The number of fused-ring (bicyclic) bond motifs is 4. The van der Waals surface area contributed by atoms with Gasteiger partial charge in [0.1, 0.15) is 0 Å². The van der Waals surface area contributed by atoms with Crippen molar-refractivity contribution in [2.75, 3.05) is 19.6 Å². The molecule has 1 aliphatic carbocycles. The first-order chi connectivity index (χ1) is 44.2. The van der Waals surface area contributed by atoms with E-state index >= 15 is 0 Å². The van der Waals surface area contributed by atoms with E-state index in [0.29, 0.717) is 0 Å². The van der Waals surface area contributed by atoms with Crippen molar-refractivity contribution in [3.05, 3.63) is 351 Å². The molecule has 0 saturated carbocycles. The van der Waals surface area contributed by atoms with Crippen LogP contribution in [0.15, 0.2) is 346 Å². The van der Waals surface area contributed by atoms with E-state index in [0.717, 1.165) is 126 Å². The Bertz CT molecular complexity index is 4630. The Morgan fingerprint density at radius 1 is 0.270 bits per heavy atom. The molecular formula is C84H61BN4. The topological polar surface area (TPSA) is 13.0 Å². The summed E-state index contributed by atoms with van der Waals surface area (Å²) in [5, 5.41) is 0.